The molecule has 3 aromatic heterocycles. The van der Waals surface area contributed by atoms with Gasteiger partial charge in [-0.15, -0.1) is 5.10 Å². The van der Waals surface area contributed by atoms with Gasteiger partial charge in [0.15, 0.2) is 0 Å². The molecule has 0 unspecified atom stereocenters. The third kappa shape index (κ3) is 2.94. The number of amides is 1. The number of hydrogen-bond acceptors (Lipinski definition) is 5. The highest BCUT2D eigenvalue weighted by molar-refractivity contribution is 6.12. The summed E-state index contributed by atoms with van der Waals surface area (Å²) in [6.07, 6.45) is 1.70. The normalized spacial score (nSPS) is 10.8. The summed E-state index contributed by atoms with van der Waals surface area (Å²) in [6, 6.07) is 14.8. The van der Waals surface area contributed by atoms with Crippen LogP contribution in [0.2, 0.25) is 0 Å². The van der Waals surface area contributed by atoms with E-state index < -0.39 is 0 Å². The summed E-state index contributed by atoms with van der Waals surface area (Å²) >= 11 is 0. The predicted molar refractivity (Wildman–Crippen MR) is 94.0 cm³/mol. The van der Waals surface area contributed by atoms with Crippen molar-refractivity contribution in [1.29, 1.82) is 0 Å². The minimum atomic E-state index is -0.296. The van der Waals surface area contributed by atoms with Crippen molar-refractivity contribution in [2.75, 3.05) is 5.32 Å². The van der Waals surface area contributed by atoms with E-state index in [2.05, 4.69) is 30.5 Å². The van der Waals surface area contributed by atoms with Crippen molar-refractivity contribution in [3.8, 4) is 11.4 Å². The molecule has 0 aliphatic heterocycles. The van der Waals surface area contributed by atoms with Crippen molar-refractivity contribution in [2.45, 2.75) is 6.92 Å². The van der Waals surface area contributed by atoms with E-state index >= 15 is 0 Å². The van der Waals surface area contributed by atoms with Crippen LogP contribution in [0.1, 0.15) is 16.2 Å². The molecule has 0 saturated carbocycles. The minimum Gasteiger partial charge on any atom is -0.289 e. The van der Waals surface area contributed by atoms with Gasteiger partial charge in [0.05, 0.1) is 22.5 Å². The largest absolute Gasteiger partial charge is 0.289 e. The van der Waals surface area contributed by atoms with Crippen molar-refractivity contribution in [3.05, 3.63) is 66.1 Å². The van der Waals surface area contributed by atoms with E-state index in [-0.39, 0.29) is 11.9 Å². The van der Waals surface area contributed by atoms with Crippen LogP contribution in [0, 0.1) is 6.92 Å². The highest BCUT2D eigenvalue weighted by atomic mass is 16.1. The van der Waals surface area contributed by atoms with Crippen molar-refractivity contribution in [3.63, 3.8) is 0 Å². The summed E-state index contributed by atoms with van der Waals surface area (Å²) in [7, 11) is 0. The van der Waals surface area contributed by atoms with Gasteiger partial charge in [-0.3, -0.25) is 20.2 Å². The maximum Gasteiger partial charge on any atom is 0.258 e. The number of rotatable bonds is 3. The number of aryl methyl sites for hydroxylation is 1. The van der Waals surface area contributed by atoms with Crippen LogP contribution in [-0.2, 0) is 0 Å². The van der Waals surface area contributed by atoms with Crippen LogP contribution in [0.25, 0.3) is 22.3 Å². The molecule has 2 N–H and O–H groups in total. The first-order chi connectivity index (χ1) is 12.2. The van der Waals surface area contributed by atoms with Crippen molar-refractivity contribution < 1.29 is 4.79 Å². The van der Waals surface area contributed by atoms with E-state index in [0.717, 1.165) is 10.9 Å². The van der Waals surface area contributed by atoms with Crippen LogP contribution >= 0.6 is 0 Å². The third-order valence-corrected chi connectivity index (χ3v) is 3.71. The van der Waals surface area contributed by atoms with E-state index in [1.54, 1.807) is 19.2 Å². The molecule has 25 heavy (non-hydrogen) atoms. The Morgan fingerprint density at radius 1 is 1.04 bits per heavy atom. The van der Waals surface area contributed by atoms with Gasteiger partial charge in [-0.05, 0) is 31.2 Å². The number of pyridine rings is 2. The zero-order chi connectivity index (χ0) is 17.2. The zero-order valence-corrected chi connectivity index (χ0v) is 13.4. The second-order valence-electron chi connectivity index (χ2n) is 5.49. The standard InChI is InChI=1S/C18H14N6O/c1-11-20-18(24-23-11)22-17(25)13-10-16(15-8-4-5-9-19-15)21-14-7-3-2-6-12(13)14/h2-10H,1H3,(H2,20,22,23,24,25). The predicted octanol–water partition coefficient (Wildman–Crippen LogP) is 2.98. The number of hydrogen-bond donors (Lipinski definition) is 2. The third-order valence-electron chi connectivity index (χ3n) is 3.71. The minimum absolute atomic E-state index is 0.239. The Kier molecular flexibility index (Phi) is 3.66. The molecule has 7 nitrogen and oxygen atoms in total. The Morgan fingerprint density at radius 3 is 2.64 bits per heavy atom. The lowest BCUT2D eigenvalue weighted by molar-refractivity contribution is 0.102. The van der Waals surface area contributed by atoms with Gasteiger partial charge in [0.1, 0.15) is 5.82 Å². The number of aromatic amines is 1. The van der Waals surface area contributed by atoms with Gasteiger partial charge in [-0.2, -0.15) is 4.98 Å². The highest BCUT2D eigenvalue weighted by Crippen LogP contribution is 2.24. The number of H-pyrrole nitrogens is 1. The second kappa shape index (κ2) is 6.12. The van der Waals surface area contributed by atoms with Crippen LogP contribution in [-0.4, -0.2) is 31.1 Å². The fourth-order valence-corrected chi connectivity index (χ4v) is 2.58. The van der Waals surface area contributed by atoms with Crippen LogP contribution in [0.3, 0.4) is 0 Å². The van der Waals surface area contributed by atoms with Crippen molar-refractivity contribution in [1.82, 2.24) is 25.1 Å². The fourth-order valence-electron chi connectivity index (χ4n) is 2.58. The van der Waals surface area contributed by atoms with Gasteiger partial charge in [0.2, 0.25) is 5.95 Å². The first kappa shape index (κ1) is 14.9. The van der Waals surface area contributed by atoms with Crippen LogP contribution in [0.4, 0.5) is 5.95 Å². The molecule has 0 fully saturated rings. The highest BCUT2D eigenvalue weighted by Gasteiger charge is 2.15. The van der Waals surface area contributed by atoms with E-state index in [0.29, 0.717) is 22.8 Å². The molecule has 1 aromatic carbocycles. The molecule has 3 heterocycles. The number of nitrogens with zero attached hydrogens (tertiary/aromatic N) is 4. The number of benzene rings is 1. The second-order valence-corrected chi connectivity index (χ2v) is 5.49. The Bertz CT molecular complexity index is 1060. The lowest BCUT2D eigenvalue weighted by Crippen LogP contribution is -2.14. The molecule has 0 spiro atoms. The Labute approximate surface area is 143 Å². The molecule has 4 rings (SSSR count). The summed E-state index contributed by atoms with van der Waals surface area (Å²) in [4.78, 5) is 25.8. The molecular weight excluding hydrogens is 316 g/mol. The number of anilines is 1. The van der Waals surface area contributed by atoms with Gasteiger partial charge in [0.25, 0.3) is 5.91 Å². The molecular formula is C18H14N6O. The van der Waals surface area contributed by atoms with E-state index in [9.17, 15) is 4.79 Å². The van der Waals surface area contributed by atoms with Gasteiger partial charge in [0, 0.05) is 11.6 Å². The first-order valence-electron chi connectivity index (χ1n) is 7.72. The molecule has 1 amide bonds. The molecule has 122 valence electrons. The maximum absolute atomic E-state index is 12.8. The molecule has 0 aliphatic rings. The number of carbonyl (C=O) groups is 1. The smallest absolute Gasteiger partial charge is 0.258 e. The van der Waals surface area contributed by atoms with Crippen LogP contribution in [0.15, 0.2) is 54.7 Å². The topological polar surface area (TPSA) is 96.5 Å². The molecule has 7 heteroatoms. The number of aromatic nitrogens is 5. The summed E-state index contributed by atoms with van der Waals surface area (Å²) < 4.78 is 0. The summed E-state index contributed by atoms with van der Waals surface area (Å²) in [5.74, 6) is 0.571. The fraction of sp³-hybridized carbons (Fsp3) is 0.0556. The van der Waals surface area contributed by atoms with E-state index in [4.69, 9.17) is 0 Å². The van der Waals surface area contributed by atoms with Gasteiger partial charge >= 0.3 is 0 Å². The Hall–Kier alpha value is -3.61. The molecule has 0 aliphatic carbocycles. The Balaban J connectivity index is 1.82. The van der Waals surface area contributed by atoms with Gasteiger partial charge in [-0.25, -0.2) is 4.98 Å². The lowest BCUT2D eigenvalue weighted by atomic mass is 10.1. The summed E-state index contributed by atoms with van der Waals surface area (Å²) in [5, 5.41) is 10.1. The average Bonchev–Trinajstić information content (AvgIpc) is 3.06. The van der Waals surface area contributed by atoms with E-state index in [1.807, 2.05) is 42.5 Å². The molecule has 4 aromatic rings. The summed E-state index contributed by atoms with van der Waals surface area (Å²) in [6.45, 7) is 1.77. The maximum atomic E-state index is 12.8. The van der Waals surface area contributed by atoms with Gasteiger partial charge in [-0.1, -0.05) is 24.3 Å². The Morgan fingerprint density at radius 2 is 1.88 bits per heavy atom. The molecule has 0 saturated heterocycles. The number of nitrogens with one attached hydrogen (secondary N) is 2. The monoisotopic (exact) mass is 330 g/mol. The van der Waals surface area contributed by atoms with Crippen LogP contribution in [0.5, 0.6) is 0 Å². The number of para-hydroxylation sites is 1. The number of carbonyl (C=O) groups excluding carboxylic acids is 1. The molecule has 0 radical (unpaired) electrons. The summed E-state index contributed by atoms with van der Waals surface area (Å²) in [5.41, 5.74) is 2.56. The molecule has 0 atom stereocenters. The van der Waals surface area contributed by atoms with Crippen LogP contribution < -0.4 is 5.32 Å². The average molecular weight is 330 g/mol. The van der Waals surface area contributed by atoms with Crippen molar-refractivity contribution >= 4 is 22.8 Å². The van der Waals surface area contributed by atoms with Crippen molar-refractivity contribution in [2.24, 2.45) is 0 Å². The SMILES string of the molecule is Cc1nc(NC(=O)c2cc(-c3ccccn3)nc3ccccc23)n[nH]1. The number of fused-ring (bicyclic) bond motifs is 1. The molecule has 0 bridgehead atoms. The quantitative estimate of drug-likeness (QED) is 0.602. The zero-order valence-electron chi connectivity index (χ0n) is 13.4. The lowest BCUT2D eigenvalue weighted by Gasteiger charge is -2.09. The van der Waals surface area contributed by atoms with E-state index in [1.165, 1.54) is 0 Å². The first-order valence-corrected chi connectivity index (χ1v) is 7.72. The van der Waals surface area contributed by atoms with Gasteiger partial charge < -0.3 is 0 Å².